The number of nitrogens with zero attached hydrogens (tertiary/aromatic N) is 2. The average Bonchev–Trinajstić information content (AvgIpc) is 3.15. The predicted octanol–water partition coefficient (Wildman–Crippen LogP) is 2.66. The van der Waals surface area contributed by atoms with Crippen LogP contribution in [0.2, 0.25) is 0 Å². The zero-order valence-corrected chi connectivity index (χ0v) is 16.4. The van der Waals surface area contributed by atoms with E-state index in [9.17, 15) is 14.4 Å². The number of hydrogen-bond acceptors (Lipinski definition) is 7. The van der Waals surface area contributed by atoms with Crippen LogP contribution in [0.5, 0.6) is 0 Å². The van der Waals surface area contributed by atoms with Crippen molar-refractivity contribution in [1.82, 2.24) is 9.88 Å². The van der Waals surface area contributed by atoms with Gasteiger partial charge in [0.25, 0.3) is 5.91 Å². The second-order valence-electron chi connectivity index (χ2n) is 6.39. The molecule has 0 unspecified atom stereocenters. The van der Waals surface area contributed by atoms with Gasteiger partial charge in [0.05, 0.1) is 21.8 Å². The molecule has 0 aliphatic carbocycles. The second kappa shape index (κ2) is 9.45. The van der Waals surface area contributed by atoms with Gasteiger partial charge in [-0.1, -0.05) is 12.1 Å². The number of carbonyl (C=O) groups is 3. The summed E-state index contributed by atoms with van der Waals surface area (Å²) in [7, 11) is 0. The van der Waals surface area contributed by atoms with Crippen molar-refractivity contribution < 1.29 is 23.9 Å². The van der Waals surface area contributed by atoms with Gasteiger partial charge in [0.2, 0.25) is 0 Å². The van der Waals surface area contributed by atoms with Crippen LogP contribution >= 0.6 is 11.3 Å². The predicted molar refractivity (Wildman–Crippen MR) is 105 cm³/mol. The number of carbonyl (C=O) groups excluding carboxylic acids is 3. The molecule has 0 radical (unpaired) electrons. The maximum atomic E-state index is 12.4. The molecule has 1 aliphatic rings. The van der Waals surface area contributed by atoms with Crippen LogP contribution in [-0.4, -0.2) is 54.0 Å². The fourth-order valence-electron chi connectivity index (χ4n) is 3.07. The van der Waals surface area contributed by atoms with E-state index in [4.69, 9.17) is 9.72 Å². The molecule has 8 heteroatoms. The van der Waals surface area contributed by atoms with Crippen LogP contribution in [0.4, 0.5) is 0 Å². The maximum Gasteiger partial charge on any atom is 0.331 e. The molecule has 2 aromatic rings. The highest BCUT2D eigenvalue weighted by Crippen LogP contribution is 2.32. The number of hydrogen-bond donors (Lipinski definition) is 0. The molecular weight excluding hydrogens is 380 g/mol. The van der Waals surface area contributed by atoms with Crippen LogP contribution < -0.4 is 0 Å². The average molecular weight is 402 g/mol. The summed E-state index contributed by atoms with van der Waals surface area (Å²) < 4.78 is 10.8. The van der Waals surface area contributed by atoms with Gasteiger partial charge in [0, 0.05) is 31.2 Å². The Hall–Kier alpha value is -2.74. The number of para-hydroxylation sites is 1. The van der Waals surface area contributed by atoms with Crippen LogP contribution in [0.15, 0.2) is 36.4 Å². The maximum absolute atomic E-state index is 12.4. The second-order valence-corrected chi connectivity index (χ2v) is 7.45. The van der Waals surface area contributed by atoms with E-state index in [1.165, 1.54) is 0 Å². The van der Waals surface area contributed by atoms with E-state index >= 15 is 0 Å². The Bertz CT molecular complexity index is 859. The molecule has 0 bridgehead atoms. The molecule has 28 heavy (non-hydrogen) atoms. The number of esters is 2. The van der Waals surface area contributed by atoms with Gasteiger partial charge >= 0.3 is 11.9 Å². The molecule has 1 saturated heterocycles. The molecule has 0 saturated carbocycles. The van der Waals surface area contributed by atoms with Gasteiger partial charge in [-0.25, -0.2) is 14.6 Å². The van der Waals surface area contributed by atoms with Crippen molar-refractivity contribution in [2.75, 3.05) is 26.3 Å². The van der Waals surface area contributed by atoms with Gasteiger partial charge in [0.15, 0.2) is 6.61 Å². The van der Waals surface area contributed by atoms with Gasteiger partial charge in [-0.3, -0.25) is 4.79 Å². The number of fused-ring (bicyclic) bond motifs is 1. The van der Waals surface area contributed by atoms with Crippen LogP contribution in [0.1, 0.15) is 30.7 Å². The Balaban J connectivity index is 1.53. The van der Waals surface area contributed by atoms with E-state index in [0.717, 1.165) is 40.2 Å². The third-order valence-corrected chi connectivity index (χ3v) is 5.61. The van der Waals surface area contributed by atoms with Gasteiger partial charge in [-0.15, -0.1) is 11.3 Å². The third-order valence-electron chi connectivity index (χ3n) is 4.41. The smallest absolute Gasteiger partial charge is 0.331 e. The SMILES string of the molecule is CCOC(=O)/C=C/C(=O)OCC(=O)N1CCC[C@H](c2nc3ccccc3s2)C1. The van der Waals surface area contributed by atoms with Crippen molar-refractivity contribution in [2.24, 2.45) is 0 Å². The quantitative estimate of drug-likeness (QED) is 0.545. The van der Waals surface area contributed by atoms with E-state index in [1.807, 2.05) is 24.3 Å². The Morgan fingerprint density at radius 2 is 1.96 bits per heavy atom. The van der Waals surface area contributed by atoms with Crippen molar-refractivity contribution in [1.29, 1.82) is 0 Å². The molecule has 1 aromatic heterocycles. The number of aromatic nitrogens is 1. The van der Waals surface area contributed by atoms with Crippen LogP contribution in [-0.2, 0) is 23.9 Å². The van der Waals surface area contributed by atoms with Crippen molar-refractivity contribution in [3.8, 4) is 0 Å². The topological polar surface area (TPSA) is 85.8 Å². The fraction of sp³-hybridized carbons (Fsp3) is 0.400. The van der Waals surface area contributed by atoms with Gasteiger partial charge in [-0.2, -0.15) is 0 Å². The minimum absolute atomic E-state index is 0.189. The molecule has 1 aromatic carbocycles. The summed E-state index contributed by atoms with van der Waals surface area (Å²) in [6, 6.07) is 7.99. The van der Waals surface area contributed by atoms with Crippen LogP contribution in [0.25, 0.3) is 10.2 Å². The minimum atomic E-state index is -0.749. The van der Waals surface area contributed by atoms with E-state index < -0.39 is 11.9 Å². The Kier molecular flexibility index (Phi) is 6.76. The largest absolute Gasteiger partial charge is 0.463 e. The fourth-order valence-corrected chi connectivity index (χ4v) is 4.16. The number of thiazole rings is 1. The molecule has 148 valence electrons. The number of benzene rings is 1. The van der Waals surface area contributed by atoms with Gasteiger partial charge in [0.1, 0.15) is 0 Å². The lowest BCUT2D eigenvalue weighted by Gasteiger charge is -2.31. The van der Waals surface area contributed by atoms with Crippen LogP contribution in [0.3, 0.4) is 0 Å². The Morgan fingerprint density at radius 1 is 1.21 bits per heavy atom. The molecule has 1 aliphatic heterocycles. The molecule has 1 atom stereocenters. The third kappa shape index (κ3) is 5.16. The molecule has 0 N–H and O–H groups in total. The molecule has 3 rings (SSSR count). The van der Waals surface area contributed by atoms with E-state index in [2.05, 4.69) is 4.74 Å². The lowest BCUT2D eigenvalue weighted by molar-refractivity contribution is -0.149. The summed E-state index contributed by atoms with van der Waals surface area (Å²) in [4.78, 5) is 41.6. The zero-order chi connectivity index (χ0) is 19.9. The van der Waals surface area contributed by atoms with Crippen molar-refractivity contribution >= 4 is 39.4 Å². The van der Waals surface area contributed by atoms with Crippen LogP contribution in [0, 0.1) is 0 Å². The molecule has 0 spiro atoms. The summed E-state index contributed by atoms with van der Waals surface area (Å²) in [6.45, 7) is 2.74. The zero-order valence-electron chi connectivity index (χ0n) is 15.6. The molecular formula is C20H22N2O5S. The summed E-state index contributed by atoms with van der Waals surface area (Å²) in [5, 5.41) is 1.04. The number of rotatable bonds is 6. The summed E-state index contributed by atoms with van der Waals surface area (Å²) in [6.07, 6.45) is 3.81. The first kappa shape index (κ1) is 20.0. The summed E-state index contributed by atoms with van der Waals surface area (Å²) in [5.41, 5.74) is 0.980. The number of ether oxygens (including phenoxy) is 2. The lowest BCUT2D eigenvalue weighted by Crippen LogP contribution is -2.41. The molecule has 1 amide bonds. The van der Waals surface area contributed by atoms with Crippen molar-refractivity contribution in [3.05, 3.63) is 41.4 Å². The molecule has 2 heterocycles. The number of likely N-dealkylation sites (tertiary alicyclic amines) is 1. The highest BCUT2D eigenvalue weighted by molar-refractivity contribution is 7.18. The Morgan fingerprint density at radius 3 is 2.71 bits per heavy atom. The van der Waals surface area contributed by atoms with Gasteiger partial charge < -0.3 is 14.4 Å². The van der Waals surface area contributed by atoms with Gasteiger partial charge in [-0.05, 0) is 31.9 Å². The minimum Gasteiger partial charge on any atom is -0.463 e. The number of piperidine rings is 1. The first-order valence-electron chi connectivity index (χ1n) is 9.21. The number of amides is 1. The van der Waals surface area contributed by atoms with Crippen molar-refractivity contribution in [3.63, 3.8) is 0 Å². The summed E-state index contributed by atoms with van der Waals surface area (Å²) in [5.74, 6) is -1.43. The summed E-state index contributed by atoms with van der Waals surface area (Å²) >= 11 is 1.66. The van der Waals surface area contributed by atoms with E-state index in [0.29, 0.717) is 13.1 Å². The standard InChI is InChI=1S/C20H22N2O5S/c1-2-26-18(24)9-10-19(25)27-13-17(23)22-11-5-6-14(12-22)20-21-15-7-3-4-8-16(15)28-20/h3-4,7-10,14H,2,5-6,11-13H2,1H3/b10-9+/t14-/m0/s1. The van der Waals surface area contributed by atoms with E-state index in [1.54, 1.807) is 23.2 Å². The highest BCUT2D eigenvalue weighted by atomic mass is 32.1. The lowest BCUT2D eigenvalue weighted by atomic mass is 9.99. The normalized spacial score (nSPS) is 17.0. The first-order valence-corrected chi connectivity index (χ1v) is 10.0. The van der Waals surface area contributed by atoms with E-state index in [-0.39, 0.29) is 25.0 Å². The first-order chi connectivity index (χ1) is 13.6. The van der Waals surface area contributed by atoms with Crippen molar-refractivity contribution in [2.45, 2.75) is 25.7 Å². The highest BCUT2D eigenvalue weighted by Gasteiger charge is 2.27. The molecule has 1 fully saturated rings. The Labute approximate surface area is 166 Å². The molecule has 7 nitrogen and oxygen atoms in total. The monoisotopic (exact) mass is 402 g/mol.